The molecule has 0 spiro atoms. The summed E-state index contributed by atoms with van der Waals surface area (Å²) in [4.78, 5) is 37.8. The maximum absolute atomic E-state index is 13.2. The zero-order chi connectivity index (χ0) is 20.4. The second kappa shape index (κ2) is 8.24. The molecule has 28 heavy (non-hydrogen) atoms. The van der Waals surface area contributed by atoms with E-state index in [4.69, 9.17) is 4.74 Å². The first-order chi connectivity index (χ1) is 13.3. The number of thiophene rings is 1. The van der Waals surface area contributed by atoms with Crippen LogP contribution in [0.4, 0.5) is 5.00 Å². The molecular weight excluding hydrogens is 446 g/mol. The molecule has 3 rings (SSSR count). The fraction of sp³-hybridized carbons (Fsp3) is 0.263. The van der Waals surface area contributed by atoms with Crippen molar-refractivity contribution in [1.29, 1.82) is 0 Å². The average Bonchev–Trinajstić information content (AvgIpc) is 3.07. The van der Waals surface area contributed by atoms with Gasteiger partial charge in [0.1, 0.15) is 5.00 Å². The maximum Gasteiger partial charge on any atom is 0.359 e. The molecule has 0 saturated carbocycles. The molecule has 0 saturated heterocycles. The largest absolute Gasteiger partial charge is 0.461 e. The summed E-state index contributed by atoms with van der Waals surface area (Å²) >= 11 is 4.53. The molecule has 0 fully saturated rings. The van der Waals surface area contributed by atoms with Crippen LogP contribution < -0.4 is 10.9 Å². The topological polar surface area (TPSA) is 90.3 Å². The quantitative estimate of drug-likeness (QED) is 0.577. The van der Waals surface area contributed by atoms with Gasteiger partial charge in [-0.2, -0.15) is 9.78 Å². The van der Waals surface area contributed by atoms with Crippen molar-refractivity contribution in [2.24, 2.45) is 5.92 Å². The van der Waals surface area contributed by atoms with Crippen LogP contribution >= 0.6 is 27.3 Å². The van der Waals surface area contributed by atoms with Crippen LogP contribution in [0.5, 0.6) is 0 Å². The summed E-state index contributed by atoms with van der Waals surface area (Å²) in [5.41, 5.74) is 0.0966. The first kappa shape index (κ1) is 20.2. The van der Waals surface area contributed by atoms with Gasteiger partial charge in [0.05, 0.1) is 17.7 Å². The third-order valence-electron chi connectivity index (χ3n) is 3.95. The number of hydrogen-bond acceptors (Lipinski definition) is 6. The Morgan fingerprint density at radius 3 is 2.57 bits per heavy atom. The van der Waals surface area contributed by atoms with Crippen molar-refractivity contribution in [3.63, 3.8) is 0 Å². The Morgan fingerprint density at radius 2 is 1.96 bits per heavy atom. The Bertz CT molecular complexity index is 1100. The molecule has 2 aromatic heterocycles. The SMILES string of the molecule is CCOC(=O)c1nn(-c2ccc(Br)cc2)c(=O)c2c(NC(=O)C(C)C)scc12. The van der Waals surface area contributed by atoms with Crippen LogP contribution in [-0.2, 0) is 9.53 Å². The van der Waals surface area contributed by atoms with Crippen LogP contribution in [0, 0.1) is 5.92 Å². The van der Waals surface area contributed by atoms with Gasteiger partial charge in [-0.05, 0) is 31.2 Å². The second-order valence-electron chi connectivity index (χ2n) is 6.26. The summed E-state index contributed by atoms with van der Waals surface area (Å²) in [5, 5.41) is 9.65. The number of benzene rings is 1. The molecule has 1 amide bonds. The highest BCUT2D eigenvalue weighted by Gasteiger charge is 2.23. The van der Waals surface area contributed by atoms with Gasteiger partial charge in [0.25, 0.3) is 5.56 Å². The monoisotopic (exact) mass is 463 g/mol. The summed E-state index contributed by atoms with van der Waals surface area (Å²) in [6.45, 7) is 5.40. The lowest BCUT2D eigenvalue weighted by atomic mass is 10.2. The van der Waals surface area contributed by atoms with Gasteiger partial charge in [0, 0.05) is 21.2 Å². The molecule has 0 radical (unpaired) electrons. The molecule has 0 bridgehead atoms. The smallest absolute Gasteiger partial charge is 0.359 e. The van der Waals surface area contributed by atoms with Crippen molar-refractivity contribution in [3.05, 3.63) is 50.2 Å². The van der Waals surface area contributed by atoms with E-state index in [0.717, 1.165) is 9.15 Å². The van der Waals surface area contributed by atoms with Crippen molar-refractivity contribution >= 4 is 54.9 Å². The van der Waals surface area contributed by atoms with Gasteiger partial charge in [-0.15, -0.1) is 11.3 Å². The van der Waals surface area contributed by atoms with Crippen LogP contribution in [-0.4, -0.2) is 28.3 Å². The normalized spacial score (nSPS) is 11.0. The van der Waals surface area contributed by atoms with E-state index in [-0.39, 0.29) is 29.5 Å². The Labute approximate surface area is 173 Å². The molecule has 2 heterocycles. The number of carbonyl (C=O) groups excluding carboxylic acids is 2. The Morgan fingerprint density at radius 1 is 1.29 bits per heavy atom. The summed E-state index contributed by atoms with van der Waals surface area (Å²) < 4.78 is 7.10. The van der Waals surface area contributed by atoms with E-state index in [1.807, 2.05) is 0 Å². The maximum atomic E-state index is 13.2. The minimum absolute atomic E-state index is 0.0284. The summed E-state index contributed by atoms with van der Waals surface area (Å²) in [7, 11) is 0. The lowest BCUT2D eigenvalue weighted by Crippen LogP contribution is -2.26. The van der Waals surface area contributed by atoms with Crippen LogP contribution in [0.15, 0.2) is 38.9 Å². The summed E-state index contributed by atoms with van der Waals surface area (Å²) in [6, 6.07) is 6.95. The Kier molecular flexibility index (Phi) is 5.95. The third-order valence-corrected chi connectivity index (χ3v) is 5.38. The van der Waals surface area contributed by atoms with Crippen LogP contribution in [0.25, 0.3) is 16.5 Å². The minimum atomic E-state index is -0.627. The number of nitrogens with one attached hydrogen (secondary N) is 1. The van der Waals surface area contributed by atoms with Crippen molar-refractivity contribution in [2.75, 3.05) is 11.9 Å². The predicted octanol–water partition coefficient (Wildman–Crippen LogP) is 3.98. The summed E-state index contributed by atoms with van der Waals surface area (Å²) in [5.74, 6) is -1.09. The van der Waals surface area contributed by atoms with Crippen molar-refractivity contribution < 1.29 is 14.3 Å². The molecule has 0 aliphatic carbocycles. The average molecular weight is 464 g/mol. The lowest BCUT2D eigenvalue weighted by molar-refractivity contribution is -0.118. The molecule has 0 unspecified atom stereocenters. The van der Waals surface area contributed by atoms with Gasteiger partial charge in [-0.3, -0.25) is 9.59 Å². The summed E-state index contributed by atoms with van der Waals surface area (Å²) in [6.07, 6.45) is 0. The predicted molar refractivity (Wildman–Crippen MR) is 112 cm³/mol. The molecule has 7 nitrogen and oxygen atoms in total. The fourth-order valence-corrected chi connectivity index (χ4v) is 3.71. The van der Waals surface area contributed by atoms with E-state index >= 15 is 0 Å². The zero-order valence-corrected chi connectivity index (χ0v) is 17.9. The first-order valence-corrected chi connectivity index (χ1v) is 10.3. The van der Waals surface area contributed by atoms with E-state index in [0.29, 0.717) is 16.1 Å². The molecule has 1 N–H and O–H groups in total. The lowest BCUT2D eigenvalue weighted by Gasteiger charge is -2.10. The number of nitrogens with zero attached hydrogens (tertiary/aromatic N) is 2. The molecule has 0 atom stereocenters. The standard InChI is InChI=1S/C19H18BrN3O4S/c1-4-27-19(26)15-13-9-28-17(21-16(24)10(2)3)14(13)18(25)23(22-15)12-7-5-11(20)6-8-12/h5-10H,4H2,1-3H3,(H,21,24). The minimum Gasteiger partial charge on any atom is -0.461 e. The van der Waals surface area contributed by atoms with Gasteiger partial charge in [0.2, 0.25) is 5.91 Å². The molecule has 3 aromatic rings. The highest BCUT2D eigenvalue weighted by atomic mass is 79.9. The van der Waals surface area contributed by atoms with Gasteiger partial charge in [-0.25, -0.2) is 4.79 Å². The van der Waals surface area contributed by atoms with Gasteiger partial charge in [-0.1, -0.05) is 29.8 Å². The van der Waals surface area contributed by atoms with E-state index < -0.39 is 11.5 Å². The Balaban J connectivity index is 2.27. The number of halogens is 1. The number of rotatable bonds is 5. The van der Waals surface area contributed by atoms with E-state index in [1.165, 1.54) is 11.3 Å². The molecule has 146 valence electrons. The van der Waals surface area contributed by atoms with Crippen molar-refractivity contribution in [3.8, 4) is 5.69 Å². The number of carbonyl (C=O) groups is 2. The number of amides is 1. The second-order valence-corrected chi connectivity index (χ2v) is 8.06. The van der Waals surface area contributed by atoms with Crippen molar-refractivity contribution in [1.82, 2.24) is 9.78 Å². The van der Waals surface area contributed by atoms with E-state index in [2.05, 4.69) is 26.3 Å². The molecule has 9 heteroatoms. The van der Waals surface area contributed by atoms with E-state index in [9.17, 15) is 14.4 Å². The van der Waals surface area contributed by atoms with Crippen LogP contribution in [0.3, 0.4) is 0 Å². The molecule has 0 aliphatic heterocycles. The van der Waals surface area contributed by atoms with Crippen LogP contribution in [0.2, 0.25) is 0 Å². The third kappa shape index (κ3) is 3.85. The molecule has 1 aromatic carbocycles. The van der Waals surface area contributed by atoms with Crippen molar-refractivity contribution in [2.45, 2.75) is 20.8 Å². The number of esters is 1. The highest BCUT2D eigenvalue weighted by Crippen LogP contribution is 2.31. The van der Waals surface area contributed by atoms with Gasteiger partial charge in [0.15, 0.2) is 5.69 Å². The number of aromatic nitrogens is 2. The molecular formula is C19H18BrN3O4S. The number of fused-ring (bicyclic) bond motifs is 1. The number of anilines is 1. The first-order valence-electron chi connectivity index (χ1n) is 8.62. The van der Waals surface area contributed by atoms with Gasteiger partial charge >= 0.3 is 5.97 Å². The zero-order valence-electron chi connectivity index (χ0n) is 15.5. The van der Waals surface area contributed by atoms with Crippen LogP contribution in [0.1, 0.15) is 31.3 Å². The number of hydrogen-bond donors (Lipinski definition) is 1. The molecule has 0 aliphatic rings. The van der Waals surface area contributed by atoms with Gasteiger partial charge < -0.3 is 10.1 Å². The fourth-order valence-electron chi connectivity index (χ4n) is 2.51. The Hall–Kier alpha value is -2.52. The van der Waals surface area contributed by atoms with E-state index in [1.54, 1.807) is 50.4 Å². The highest BCUT2D eigenvalue weighted by molar-refractivity contribution is 9.10. The number of ether oxygens (including phenoxy) is 1.